The first-order valence-corrected chi connectivity index (χ1v) is 13.5. The van der Waals surface area contributed by atoms with Gasteiger partial charge in [0.15, 0.2) is 0 Å². The number of aromatic nitrogens is 2. The fraction of sp³-hybridized carbons (Fsp3) is 0.500. The summed E-state index contributed by atoms with van der Waals surface area (Å²) in [5.74, 6) is 0.288. The Kier molecular flexibility index (Phi) is 6.45. The van der Waals surface area contributed by atoms with Gasteiger partial charge in [0, 0.05) is 70.7 Å². The van der Waals surface area contributed by atoms with Gasteiger partial charge in [-0.25, -0.2) is 18.4 Å². The van der Waals surface area contributed by atoms with E-state index in [1.165, 1.54) is 16.1 Å². The van der Waals surface area contributed by atoms with E-state index in [1.54, 1.807) is 41.6 Å². The zero-order valence-corrected chi connectivity index (χ0v) is 20.7. The van der Waals surface area contributed by atoms with Crippen molar-refractivity contribution in [2.45, 2.75) is 43.5 Å². The number of benzene rings is 1. The molecule has 3 aliphatic rings. The summed E-state index contributed by atoms with van der Waals surface area (Å²) >= 11 is 0. The van der Waals surface area contributed by atoms with Crippen molar-refractivity contribution in [2.24, 2.45) is 0 Å². The maximum absolute atomic E-state index is 13.5. The molecule has 0 radical (unpaired) electrons. The highest BCUT2D eigenvalue weighted by atomic mass is 32.2. The van der Waals surface area contributed by atoms with E-state index in [9.17, 15) is 18.0 Å². The van der Waals surface area contributed by atoms with Crippen LogP contribution in [0.5, 0.6) is 0 Å². The molecule has 2 saturated heterocycles. The zero-order chi connectivity index (χ0) is 24.6. The minimum Gasteiger partial charge on any atom is -0.337 e. The quantitative estimate of drug-likeness (QED) is 0.625. The van der Waals surface area contributed by atoms with Crippen LogP contribution in [0.15, 0.2) is 41.6 Å². The third-order valence-corrected chi connectivity index (χ3v) is 8.93. The molecule has 0 bridgehead atoms. The van der Waals surface area contributed by atoms with Crippen molar-refractivity contribution >= 4 is 33.5 Å². The van der Waals surface area contributed by atoms with Crippen molar-refractivity contribution in [1.29, 1.82) is 0 Å². The molecular weight excluding hydrogens is 468 g/mol. The topological polar surface area (TPSA) is 107 Å². The minimum atomic E-state index is -3.59. The number of piperidine rings is 1. The highest BCUT2D eigenvalue weighted by Gasteiger charge is 2.40. The SMILES string of the molecule is CC(=O)N1c2ccc(S(=O)(=O)N3CCCCC3)cc2C[C@@H]1C(=O)N1CCN(c2ncccn2)CC1. The summed E-state index contributed by atoms with van der Waals surface area (Å²) in [7, 11) is -3.59. The number of fused-ring (bicyclic) bond motifs is 1. The van der Waals surface area contributed by atoms with Gasteiger partial charge in [0.05, 0.1) is 4.90 Å². The van der Waals surface area contributed by atoms with E-state index in [1.807, 2.05) is 4.90 Å². The molecule has 0 spiro atoms. The fourth-order valence-electron chi connectivity index (χ4n) is 5.22. The Bertz CT molecular complexity index is 1210. The molecule has 1 aromatic heterocycles. The molecule has 0 aliphatic carbocycles. The van der Waals surface area contributed by atoms with Crippen molar-refractivity contribution in [3.05, 3.63) is 42.2 Å². The average Bonchev–Trinajstić information content (AvgIpc) is 3.28. The molecule has 0 saturated carbocycles. The Morgan fingerprint density at radius 1 is 0.943 bits per heavy atom. The van der Waals surface area contributed by atoms with Crippen LogP contribution in [0.1, 0.15) is 31.7 Å². The molecule has 0 unspecified atom stereocenters. The lowest BCUT2D eigenvalue weighted by Crippen LogP contribution is -2.55. The van der Waals surface area contributed by atoms with Crippen LogP contribution in [0.25, 0.3) is 0 Å². The molecule has 186 valence electrons. The standard InChI is InChI=1S/C24H30N6O4S/c1-18(31)30-21-7-6-20(35(33,34)29-10-3-2-4-11-29)16-19(21)17-22(30)23(32)27-12-14-28(15-13-27)24-25-8-5-9-26-24/h5-9,16,22H,2-4,10-15,17H2,1H3/t22-/m1/s1. The maximum Gasteiger partial charge on any atom is 0.246 e. The number of nitrogens with zero attached hydrogens (tertiary/aromatic N) is 6. The van der Waals surface area contributed by atoms with Crippen LogP contribution in [-0.4, -0.2) is 84.7 Å². The van der Waals surface area contributed by atoms with Crippen LogP contribution in [0, 0.1) is 0 Å². The Balaban J connectivity index is 1.33. The van der Waals surface area contributed by atoms with Gasteiger partial charge in [0.2, 0.25) is 27.8 Å². The molecule has 5 rings (SSSR count). The van der Waals surface area contributed by atoms with Crippen LogP contribution in [0.2, 0.25) is 0 Å². The van der Waals surface area contributed by atoms with Crippen LogP contribution in [-0.2, 0) is 26.0 Å². The molecule has 2 amide bonds. The number of hydrogen-bond acceptors (Lipinski definition) is 7. The maximum atomic E-state index is 13.5. The molecular formula is C24H30N6O4S. The summed E-state index contributed by atoms with van der Waals surface area (Å²) in [6, 6.07) is 5.97. The lowest BCUT2D eigenvalue weighted by Gasteiger charge is -2.37. The van der Waals surface area contributed by atoms with Crippen molar-refractivity contribution in [1.82, 2.24) is 19.2 Å². The van der Waals surface area contributed by atoms with Crippen molar-refractivity contribution < 1.29 is 18.0 Å². The molecule has 2 fully saturated rings. The van der Waals surface area contributed by atoms with E-state index >= 15 is 0 Å². The van der Waals surface area contributed by atoms with E-state index in [0.717, 1.165) is 19.3 Å². The number of amides is 2. The number of hydrogen-bond donors (Lipinski definition) is 0. The van der Waals surface area contributed by atoms with E-state index < -0.39 is 16.1 Å². The molecule has 0 N–H and O–H groups in total. The van der Waals surface area contributed by atoms with E-state index in [4.69, 9.17) is 0 Å². The lowest BCUT2D eigenvalue weighted by atomic mass is 10.1. The second kappa shape index (κ2) is 9.54. The Morgan fingerprint density at radius 2 is 1.63 bits per heavy atom. The summed E-state index contributed by atoms with van der Waals surface area (Å²) < 4.78 is 27.9. The van der Waals surface area contributed by atoms with Crippen LogP contribution in [0.3, 0.4) is 0 Å². The van der Waals surface area contributed by atoms with Gasteiger partial charge in [-0.15, -0.1) is 0 Å². The molecule has 35 heavy (non-hydrogen) atoms. The Morgan fingerprint density at radius 3 is 2.29 bits per heavy atom. The van der Waals surface area contributed by atoms with Gasteiger partial charge >= 0.3 is 0 Å². The number of carbonyl (C=O) groups excluding carboxylic acids is 2. The van der Waals surface area contributed by atoms with Gasteiger partial charge in [-0.05, 0) is 42.7 Å². The first kappa shape index (κ1) is 23.7. The highest BCUT2D eigenvalue weighted by Crippen LogP contribution is 2.36. The summed E-state index contributed by atoms with van der Waals surface area (Å²) in [5.41, 5.74) is 1.33. The van der Waals surface area contributed by atoms with Gasteiger partial charge < -0.3 is 9.80 Å². The van der Waals surface area contributed by atoms with Gasteiger partial charge in [-0.2, -0.15) is 4.31 Å². The van der Waals surface area contributed by atoms with Crippen LogP contribution in [0.4, 0.5) is 11.6 Å². The lowest BCUT2D eigenvalue weighted by molar-refractivity contribution is -0.134. The Labute approximate surface area is 205 Å². The molecule has 10 nitrogen and oxygen atoms in total. The van der Waals surface area contributed by atoms with Gasteiger partial charge in [0.25, 0.3) is 0 Å². The van der Waals surface area contributed by atoms with Gasteiger partial charge in [-0.1, -0.05) is 6.42 Å². The predicted octanol–water partition coefficient (Wildman–Crippen LogP) is 1.28. The number of anilines is 2. The number of carbonyl (C=O) groups is 2. The third kappa shape index (κ3) is 4.50. The first-order chi connectivity index (χ1) is 16.9. The molecule has 4 heterocycles. The number of sulfonamides is 1. The summed E-state index contributed by atoms with van der Waals surface area (Å²) in [6.07, 6.45) is 6.46. The summed E-state index contributed by atoms with van der Waals surface area (Å²) in [4.78, 5) is 40.2. The molecule has 3 aliphatic heterocycles. The second-order valence-corrected chi connectivity index (χ2v) is 11.2. The molecule has 11 heteroatoms. The smallest absolute Gasteiger partial charge is 0.246 e. The average molecular weight is 499 g/mol. The second-order valence-electron chi connectivity index (χ2n) is 9.23. The number of rotatable bonds is 4. The van der Waals surface area contributed by atoms with Crippen LogP contribution < -0.4 is 9.80 Å². The van der Waals surface area contributed by atoms with E-state index in [2.05, 4.69) is 9.97 Å². The van der Waals surface area contributed by atoms with Crippen molar-refractivity contribution in [3.63, 3.8) is 0 Å². The fourth-order valence-corrected chi connectivity index (χ4v) is 6.79. The van der Waals surface area contributed by atoms with E-state index in [0.29, 0.717) is 62.9 Å². The Hall–Kier alpha value is -3.05. The largest absolute Gasteiger partial charge is 0.337 e. The highest BCUT2D eigenvalue weighted by molar-refractivity contribution is 7.89. The monoisotopic (exact) mass is 498 g/mol. The predicted molar refractivity (Wildman–Crippen MR) is 131 cm³/mol. The third-order valence-electron chi connectivity index (χ3n) is 7.04. The molecule has 2 aromatic rings. The summed E-state index contributed by atoms with van der Waals surface area (Å²) in [5, 5.41) is 0. The number of piperazine rings is 1. The minimum absolute atomic E-state index is 0.120. The van der Waals surface area contributed by atoms with Gasteiger partial charge in [-0.3, -0.25) is 14.5 Å². The zero-order valence-electron chi connectivity index (χ0n) is 19.8. The molecule has 1 aromatic carbocycles. The normalized spacial score (nSPS) is 21.2. The van der Waals surface area contributed by atoms with Crippen LogP contribution >= 0.6 is 0 Å². The molecule has 1 atom stereocenters. The van der Waals surface area contributed by atoms with Crippen molar-refractivity contribution in [3.8, 4) is 0 Å². The first-order valence-electron chi connectivity index (χ1n) is 12.1. The van der Waals surface area contributed by atoms with E-state index in [-0.39, 0.29) is 16.7 Å². The summed E-state index contributed by atoms with van der Waals surface area (Å²) in [6.45, 7) is 4.72. The van der Waals surface area contributed by atoms with Crippen molar-refractivity contribution in [2.75, 3.05) is 49.1 Å². The van der Waals surface area contributed by atoms with Gasteiger partial charge in [0.1, 0.15) is 6.04 Å².